The molecule has 3 heteroatoms. The molecule has 1 aliphatic heterocycles. The summed E-state index contributed by atoms with van der Waals surface area (Å²) < 4.78 is 13.7. The van der Waals surface area contributed by atoms with Crippen molar-refractivity contribution >= 4 is 5.69 Å². The van der Waals surface area contributed by atoms with E-state index in [0.29, 0.717) is 25.3 Å². The SMILES string of the molecule is CC(Cc1ccc(N2CC(F)CC2CC#N)cc1)c1ccccc1. The second kappa shape index (κ2) is 7.49. The molecule has 124 valence electrons. The molecule has 0 aromatic heterocycles. The first-order valence-electron chi connectivity index (χ1n) is 8.59. The van der Waals surface area contributed by atoms with Crippen LogP contribution in [0.2, 0.25) is 0 Å². The van der Waals surface area contributed by atoms with Crippen LogP contribution in [0.5, 0.6) is 0 Å². The predicted molar refractivity (Wildman–Crippen MR) is 95.9 cm³/mol. The molecule has 0 N–H and O–H groups in total. The summed E-state index contributed by atoms with van der Waals surface area (Å²) in [6, 6.07) is 21.1. The van der Waals surface area contributed by atoms with Crippen molar-refractivity contribution in [2.75, 3.05) is 11.4 Å². The molecule has 1 saturated heterocycles. The summed E-state index contributed by atoms with van der Waals surface area (Å²) >= 11 is 0. The second-order valence-electron chi connectivity index (χ2n) is 6.68. The van der Waals surface area contributed by atoms with Gasteiger partial charge < -0.3 is 4.90 Å². The Morgan fingerprint density at radius 3 is 2.54 bits per heavy atom. The van der Waals surface area contributed by atoms with Crippen LogP contribution in [0.25, 0.3) is 0 Å². The van der Waals surface area contributed by atoms with Gasteiger partial charge in [0, 0.05) is 24.7 Å². The van der Waals surface area contributed by atoms with Crippen LogP contribution in [0.4, 0.5) is 10.1 Å². The lowest BCUT2D eigenvalue weighted by Gasteiger charge is -2.25. The van der Waals surface area contributed by atoms with Gasteiger partial charge in [-0.3, -0.25) is 0 Å². The zero-order valence-electron chi connectivity index (χ0n) is 14.0. The fraction of sp³-hybridized carbons (Fsp3) is 0.381. The van der Waals surface area contributed by atoms with Gasteiger partial charge in [0.1, 0.15) is 6.17 Å². The molecule has 0 aliphatic carbocycles. The maximum Gasteiger partial charge on any atom is 0.120 e. The lowest BCUT2D eigenvalue weighted by molar-refractivity contribution is 0.356. The molecule has 24 heavy (non-hydrogen) atoms. The minimum Gasteiger partial charge on any atom is -0.364 e. The summed E-state index contributed by atoms with van der Waals surface area (Å²) in [5.41, 5.74) is 3.64. The average molecular weight is 322 g/mol. The molecule has 0 spiro atoms. The van der Waals surface area contributed by atoms with Crippen molar-refractivity contribution in [2.24, 2.45) is 0 Å². The molecule has 0 radical (unpaired) electrons. The van der Waals surface area contributed by atoms with E-state index in [-0.39, 0.29) is 6.04 Å². The first-order valence-corrected chi connectivity index (χ1v) is 8.59. The molecule has 3 rings (SSSR count). The molecule has 3 atom stereocenters. The number of anilines is 1. The van der Waals surface area contributed by atoms with Crippen LogP contribution in [0.15, 0.2) is 54.6 Å². The molecule has 2 aromatic carbocycles. The number of nitriles is 1. The highest BCUT2D eigenvalue weighted by molar-refractivity contribution is 5.50. The van der Waals surface area contributed by atoms with Crippen molar-refractivity contribution in [1.29, 1.82) is 5.26 Å². The van der Waals surface area contributed by atoms with Gasteiger partial charge in [-0.1, -0.05) is 49.4 Å². The van der Waals surface area contributed by atoms with Crippen LogP contribution < -0.4 is 4.90 Å². The van der Waals surface area contributed by atoms with Gasteiger partial charge in [-0.25, -0.2) is 4.39 Å². The average Bonchev–Trinajstić information content (AvgIpc) is 2.97. The molecule has 0 saturated carbocycles. The Morgan fingerprint density at radius 1 is 1.17 bits per heavy atom. The van der Waals surface area contributed by atoms with Crippen molar-refractivity contribution in [3.05, 3.63) is 65.7 Å². The summed E-state index contributed by atoms with van der Waals surface area (Å²) in [6.07, 6.45) is 0.992. The first kappa shape index (κ1) is 16.5. The summed E-state index contributed by atoms with van der Waals surface area (Å²) in [4.78, 5) is 2.04. The normalized spacial score (nSPS) is 21.5. The third kappa shape index (κ3) is 3.76. The van der Waals surface area contributed by atoms with E-state index >= 15 is 0 Å². The van der Waals surface area contributed by atoms with Gasteiger partial charge in [-0.05, 0) is 35.6 Å². The van der Waals surface area contributed by atoms with Crippen molar-refractivity contribution in [2.45, 2.75) is 44.3 Å². The van der Waals surface area contributed by atoms with E-state index in [1.54, 1.807) is 0 Å². The van der Waals surface area contributed by atoms with E-state index in [4.69, 9.17) is 5.26 Å². The van der Waals surface area contributed by atoms with E-state index in [2.05, 4.69) is 61.5 Å². The quantitative estimate of drug-likeness (QED) is 0.786. The van der Waals surface area contributed by atoms with E-state index < -0.39 is 6.17 Å². The fourth-order valence-electron chi connectivity index (χ4n) is 3.55. The van der Waals surface area contributed by atoms with Gasteiger partial charge in [-0.15, -0.1) is 0 Å². The van der Waals surface area contributed by atoms with Crippen LogP contribution in [0.1, 0.15) is 36.8 Å². The molecule has 1 heterocycles. The third-order valence-electron chi connectivity index (χ3n) is 4.87. The summed E-state index contributed by atoms with van der Waals surface area (Å²) in [5.74, 6) is 0.463. The Bertz CT molecular complexity index is 690. The van der Waals surface area contributed by atoms with Crippen LogP contribution >= 0.6 is 0 Å². The van der Waals surface area contributed by atoms with Crippen molar-refractivity contribution in [3.8, 4) is 6.07 Å². The Labute approximate surface area is 143 Å². The zero-order chi connectivity index (χ0) is 16.9. The number of nitrogens with zero attached hydrogens (tertiary/aromatic N) is 2. The van der Waals surface area contributed by atoms with Gasteiger partial charge in [0.2, 0.25) is 0 Å². The summed E-state index contributed by atoms with van der Waals surface area (Å²) in [6.45, 7) is 2.63. The lowest BCUT2D eigenvalue weighted by atomic mass is 9.94. The third-order valence-corrected chi connectivity index (χ3v) is 4.87. The highest BCUT2D eigenvalue weighted by Gasteiger charge is 2.31. The molecule has 2 aromatic rings. The number of benzene rings is 2. The minimum absolute atomic E-state index is 0.000840. The largest absolute Gasteiger partial charge is 0.364 e. The number of halogens is 1. The first-order chi connectivity index (χ1) is 11.7. The van der Waals surface area contributed by atoms with E-state index in [0.717, 1.165) is 12.1 Å². The summed E-state index contributed by atoms with van der Waals surface area (Å²) in [7, 11) is 0. The molecular weight excluding hydrogens is 299 g/mol. The Balaban J connectivity index is 1.68. The van der Waals surface area contributed by atoms with Crippen LogP contribution in [0, 0.1) is 11.3 Å². The summed E-state index contributed by atoms with van der Waals surface area (Å²) in [5, 5.41) is 8.93. The van der Waals surface area contributed by atoms with Crippen molar-refractivity contribution in [3.63, 3.8) is 0 Å². The Hall–Kier alpha value is -2.34. The molecule has 1 aliphatic rings. The minimum atomic E-state index is -0.832. The second-order valence-corrected chi connectivity index (χ2v) is 6.68. The Morgan fingerprint density at radius 2 is 1.88 bits per heavy atom. The molecule has 2 nitrogen and oxygen atoms in total. The van der Waals surface area contributed by atoms with Gasteiger partial charge in [0.15, 0.2) is 0 Å². The maximum atomic E-state index is 13.7. The van der Waals surface area contributed by atoms with E-state index in [9.17, 15) is 4.39 Å². The van der Waals surface area contributed by atoms with Crippen LogP contribution in [0.3, 0.4) is 0 Å². The number of rotatable bonds is 5. The molecular formula is C21H23FN2. The monoisotopic (exact) mass is 322 g/mol. The van der Waals surface area contributed by atoms with Crippen LogP contribution in [-0.4, -0.2) is 18.8 Å². The van der Waals surface area contributed by atoms with E-state index in [1.807, 2.05) is 11.0 Å². The standard InChI is InChI=1S/C21H23FN2/c1-16(18-5-3-2-4-6-18)13-17-7-9-20(10-8-17)24-15-19(22)14-21(24)11-12-23/h2-10,16,19,21H,11,13-15H2,1H3. The molecule has 0 bridgehead atoms. The smallest absolute Gasteiger partial charge is 0.120 e. The number of hydrogen-bond donors (Lipinski definition) is 0. The van der Waals surface area contributed by atoms with Crippen molar-refractivity contribution < 1.29 is 4.39 Å². The van der Waals surface area contributed by atoms with Gasteiger partial charge in [-0.2, -0.15) is 5.26 Å². The maximum absolute atomic E-state index is 13.7. The van der Waals surface area contributed by atoms with Gasteiger partial charge >= 0.3 is 0 Å². The highest BCUT2D eigenvalue weighted by atomic mass is 19.1. The lowest BCUT2D eigenvalue weighted by Crippen LogP contribution is -2.29. The predicted octanol–water partition coefficient (Wildman–Crippen LogP) is 4.86. The van der Waals surface area contributed by atoms with Crippen molar-refractivity contribution in [1.82, 2.24) is 0 Å². The molecule has 0 amide bonds. The zero-order valence-corrected chi connectivity index (χ0v) is 14.0. The van der Waals surface area contributed by atoms with Crippen LogP contribution in [-0.2, 0) is 6.42 Å². The number of alkyl halides is 1. The highest BCUT2D eigenvalue weighted by Crippen LogP contribution is 2.30. The fourth-order valence-corrected chi connectivity index (χ4v) is 3.55. The molecule has 1 fully saturated rings. The van der Waals surface area contributed by atoms with E-state index in [1.165, 1.54) is 11.1 Å². The molecule has 3 unspecified atom stereocenters. The number of hydrogen-bond acceptors (Lipinski definition) is 2. The Kier molecular flexibility index (Phi) is 5.15. The van der Waals surface area contributed by atoms with Gasteiger partial charge in [0.25, 0.3) is 0 Å². The topological polar surface area (TPSA) is 27.0 Å². The van der Waals surface area contributed by atoms with Gasteiger partial charge in [0.05, 0.1) is 12.5 Å².